The second-order valence-electron chi connectivity index (χ2n) is 8.11. The van der Waals surface area contributed by atoms with Crippen LogP contribution in [0.15, 0.2) is 30.5 Å². The molecule has 0 radical (unpaired) electrons. The quantitative estimate of drug-likeness (QED) is 0.852. The van der Waals surface area contributed by atoms with Crippen molar-refractivity contribution in [1.29, 1.82) is 0 Å². The number of carbonyl (C=O) groups is 1. The molecular weight excluding hydrogens is 338 g/mol. The van der Waals surface area contributed by atoms with Crippen molar-refractivity contribution in [2.75, 3.05) is 46.3 Å². The number of nitrogens with two attached hydrogens (primary N) is 1. The molecule has 27 heavy (non-hydrogen) atoms. The summed E-state index contributed by atoms with van der Waals surface area (Å²) in [7, 11) is 2.20. The third-order valence-corrected chi connectivity index (χ3v) is 6.22. The van der Waals surface area contributed by atoms with Gasteiger partial charge in [0, 0.05) is 43.9 Å². The van der Waals surface area contributed by atoms with Crippen molar-refractivity contribution in [2.24, 2.45) is 5.73 Å². The number of rotatable bonds is 4. The summed E-state index contributed by atoms with van der Waals surface area (Å²) in [5.41, 5.74) is 8.51. The lowest BCUT2D eigenvalue weighted by atomic mass is 10.0. The van der Waals surface area contributed by atoms with Crippen molar-refractivity contribution in [2.45, 2.75) is 31.3 Å². The van der Waals surface area contributed by atoms with Crippen molar-refractivity contribution in [1.82, 2.24) is 19.7 Å². The molecule has 0 saturated carbocycles. The number of H-pyrrole nitrogens is 1. The van der Waals surface area contributed by atoms with Crippen LogP contribution in [0.5, 0.6) is 0 Å². The van der Waals surface area contributed by atoms with E-state index in [0.717, 1.165) is 37.3 Å². The molecule has 6 nitrogen and oxygen atoms in total. The summed E-state index contributed by atoms with van der Waals surface area (Å²) < 4.78 is 0. The average Bonchev–Trinajstić information content (AvgIpc) is 3.16. The first kappa shape index (κ1) is 18.5. The summed E-state index contributed by atoms with van der Waals surface area (Å²) in [5, 5.41) is 1.17. The Morgan fingerprint density at radius 3 is 2.63 bits per heavy atom. The Bertz CT molecular complexity index is 772. The van der Waals surface area contributed by atoms with E-state index in [4.69, 9.17) is 5.73 Å². The molecule has 1 aromatic carbocycles. The van der Waals surface area contributed by atoms with E-state index in [0.29, 0.717) is 12.5 Å². The van der Waals surface area contributed by atoms with Crippen LogP contribution < -0.4 is 5.73 Å². The molecule has 0 bridgehead atoms. The maximum absolute atomic E-state index is 12.8. The summed E-state index contributed by atoms with van der Waals surface area (Å²) >= 11 is 0. The Morgan fingerprint density at radius 1 is 1.15 bits per heavy atom. The van der Waals surface area contributed by atoms with Crippen LogP contribution in [0.3, 0.4) is 0 Å². The molecule has 1 unspecified atom stereocenters. The number of benzene rings is 1. The number of piperazine rings is 1. The molecule has 1 aromatic heterocycles. The number of fused-ring (bicyclic) bond motifs is 1. The van der Waals surface area contributed by atoms with E-state index < -0.39 is 6.04 Å². The second-order valence-corrected chi connectivity index (χ2v) is 8.11. The van der Waals surface area contributed by atoms with Crippen LogP contribution in [-0.4, -0.2) is 84.0 Å². The lowest BCUT2D eigenvalue weighted by Gasteiger charge is -2.42. The minimum Gasteiger partial charge on any atom is -0.361 e. The van der Waals surface area contributed by atoms with Gasteiger partial charge in [-0.25, -0.2) is 0 Å². The molecule has 0 aliphatic carbocycles. The Morgan fingerprint density at radius 2 is 1.89 bits per heavy atom. The SMILES string of the molecule is CN1CCC(N2CCN(C(=O)C(N)Cc3ccc4[nH]ccc4c3)CC2)CC1. The largest absolute Gasteiger partial charge is 0.361 e. The minimum atomic E-state index is -0.462. The number of aromatic nitrogens is 1. The molecule has 2 aromatic rings. The summed E-state index contributed by atoms with van der Waals surface area (Å²) in [4.78, 5) is 22.9. The third-order valence-electron chi connectivity index (χ3n) is 6.22. The number of amides is 1. The molecule has 0 spiro atoms. The first-order valence-electron chi connectivity index (χ1n) is 10.1. The van der Waals surface area contributed by atoms with Crippen LogP contribution >= 0.6 is 0 Å². The number of carbonyl (C=O) groups excluding carboxylic acids is 1. The highest BCUT2D eigenvalue weighted by atomic mass is 16.2. The lowest BCUT2D eigenvalue weighted by Crippen LogP contribution is -2.56. The molecule has 1 atom stereocenters. The fourth-order valence-corrected chi connectivity index (χ4v) is 4.47. The van der Waals surface area contributed by atoms with Crippen molar-refractivity contribution < 1.29 is 4.79 Å². The number of nitrogens with one attached hydrogen (secondary N) is 1. The molecular formula is C21H31N5O. The number of aromatic amines is 1. The van der Waals surface area contributed by atoms with E-state index in [9.17, 15) is 4.79 Å². The van der Waals surface area contributed by atoms with Gasteiger partial charge < -0.3 is 20.5 Å². The van der Waals surface area contributed by atoms with E-state index in [1.54, 1.807) is 0 Å². The van der Waals surface area contributed by atoms with Crippen LogP contribution in [-0.2, 0) is 11.2 Å². The highest BCUT2D eigenvalue weighted by Crippen LogP contribution is 2.19. The van der Waals surface area contributed by atoms with E-state index in [1.807, 2.05) is 11.1 Å². The molecule has 2 fully saturated rings. The molecule has 3 N–H and O–H groups in total. The van der Waals surface area contributed by atoms with Gasteiger partial charge in [0.2, 0.25) is 5.91 Å². The summed E-state index contributed by atoms with van der Waals surface area (Å²) in [6, 6.07) is 8.51. The van der Waals surface area contributed by atoms with E-state index in [2.05, 4.69) is 46.1 Å². The number of piperidine rings is 1. The minimum absolute atomic E-state index is 0.0900. The first-order chi connectivity index (χ1) is 13.1. The summed E-state index contributed by atoms with van der Waals surface area (Å²) in [6.45, 7) is 5.91. The maximum atomic E-state index is 12.8. The molecule has 2 saturated heterocycles. The van der Waals surface area contributed by atoms with Gasteiger partial charge in [0.25, 0.3) is 0 Å². The summed E-state index contributed by atoms with van der Waals surface area (Å²) in [6.07, 6.45) is 5.01. The van der Waals surface area contributed by atoms with Crippen molar-refractivity contribution >= 4 is 16.8 Å². The van der Waals surface area contributed by atoms with Gasteiger partial charge in [-0.15, -0.1) is 0 Å². The molecule has 146 valence electrons. The maximum Gasteiger partial charge on any atom is 0.239 e. The molecule has 6 heteroatoms. The fraction of sp³-hybridized carbons (Fsp3) is 0.571. The van der Waals surface area contributed by atoms with Crippen LogP contribution in [0.4, 0.5) is 0 Å². The van der Waals surface area contributed by atoms with Crippen LogP contribution in [0.25, 0.3) is 10.9 Å². The fourth-order valence-electron chi connectivity index (χ4n) is 4.47. The van der Waals surface area contributed by atoms with Gasteiger partial charge in [0.15, 0.2) is 0 Å². The monoisotopic (exact) mass is 369 g/mol. The molecule has 2 aliphatic heterocycles. The van der Waals surface area contributed by atoms with Crippen LogP contribution in [0.2, 0.25) is 0 Å². The highest BCUT2D eigenvalue weighted by molar-refractivity contribution is 5.83. The molecule has 3 heterocycles. The predicted octanol–water partition coefficient (Wildman–Crippen LogP) is 1.28. The van der Waals surface area contributed by atoms with Crippen LogP contribution in [0.1, 0.15) is 18.4 Å². The van der Waals surface area contributed by atoms with E-state index in [-0.39, 0.29) is 5.91 Å². The average molecular weight is 370 g/mol. The third kappa shape index (κ3) is 4.18. The molecule has 4 rings (SSSR count). The van der Waals surface area contributed by atoms with Gasteiger partial charge in [-0.05, 0) is 68.5 Å². The zero-order valence-corrected chi connectivity index (χ0v) is 16.2. The van der Waals surface area contributed by atoms with Gasteiger partial charge in [0.05, 0.1) is 6.04 Å². The zero-order chi connectivity index (χ0) is 18.8. The van der Waals surface area contributed by atoms with Crippen molar-refractivity contribution in [3.63, 3.8) is 0 Å². The Balaban J connectivity index is 1.29. The molecule has 2 aliphatic rings. The Labute approximate surface area is 161 Å². The van der Waals surface area contributed by atoms with E-state index in [1.165, 1.54) is 31.3 Å². The number of nitrogens with zero attached hydrogens (tertiary/aromatic N) is 3. The Kier molecular flexibility index (Phi) is 5.48. The number of hydrogen-bond acceptors (Lipinski definition) is 4. The zero-order valence-electron chi connectivity index (χ0n) is 16.2. The van der Waals surface area contributed by atoms with E-state index >= 15 is 0 Å². The van der Waals surface area contributed by atoms with Gasteiger partial charge in [0.1, 0.15) is 0 Å². The second kappa shape index (κ2) is 8.00. The smallest absolute Gasteiger partial charge is 0.239 e. The van der Waals surface area contributed by atoms with Gasteiger partial charge in [-0.3, -0.25) is 9.69 Å². The first-order valence-corrected chi connectivity index (χ1v) is 10.1. The molecule has 1 amide bonds. The highest BCUT2D eigenvalue weighted by Gasteiger charge is 2.29. The number of hydrogen-bond donors (Lipinski definition) is 2. The standard InChI is InChI=1S/C21H31N5O/c1-24-8-5-18(6-9-24)25-10-12-26(13-11-25)21(27)19(22)15-16-2-3-20-17(14-16)4-7-23-20/h2-4,7,14,18-19,23H,5-6,8-13,15,22H2,1H3. The van der Waals surface area contributed by atoms with Gasteiger partial charge in [-0.1, -0.05) is 6.07 Å². The topological polar surface area (TPSA) is 68.6 Å². The summed E-state index contributed by atoms with van der Waals surface area (Å²) in [5.74, 6) is 0.0900. The van der Waals surface area contributed by atoms with Crippen LogP contribution in [0, 0.1) is 0 Å². The normalized spacial score (nSPS) is 21.6. The van der Waals surface area contributed by atoms with Gasteiger partial charge in [-0.2, -0.15) is 0 Å². The van der Waals surface area contributed by atoms with Crippen molar-refractivity contribution in [3.8, 4) is 0 Å². The lowest BCUT2D eigenvalue weighted by molar-refractivity contribution is -0.134. The van der Waals surface area contributed by atoms with Crippen molar-refractivity contribution in [3.05, 3.63) is 36.0 Å². The number of likely N-dealkylation sites (tertiary alicyclic amines) is 1. The predicted molar refractivity (Wildman–Crippen MR) is 109 cm³/mol. The van der Waals surface area contributed by atoms with Gasteiger partial charge >= 0.3 is 0 Å². The Hall–Kier alpha value is -1.89.